The van der Waals surface area contributed by atoms with E-state index >= 15 is 0 Å². The average Bonchev–Trinajstić information content (AvgIpc) is 2.98. The van der Waals surface area contributed by atoms with Crippen LogP contribution >= 0.6 is 0 Å². The summed E-state index contributed by atoms with van der Waals surface area (Å²) in [4.78, 5) is 28.5. The number of Topliss-reactive ketones (excluding diaryl/α,β-unsaturated/α-hetero) is 1. The van der Waals surface area contributed by atoms with Gasteiger partial charge in [0.1, 0.15) is 5.82 Å². The van der Waals surface area contributed by atoms with Crippen molar-refractivity contribution >= 4 is 11.7 Å². The number of aromatic nitrogens is 1. The molecule has 2 heterocycles. The summed E-state index contributed by atoms with van der Waals surface area (Å²) in [6.45, 7) is 9.14. The van der Waals surface area contributed by atoms with Crippen molar-refractivity contribution in [2.45, 2.75) is 46.6 Å². The van der Waals surface area contributed by atoms with Crippen LogP contribution in [0.3, 0.4) is 0 Å². The van der Waals surface area contributed by atoms with Gasteiger partial charge in [-0.2, -0.15) is 0 Å². The van der Waals surface area contributed by atoms with Gasteiger partial charge in [-0.05, 0) is 57.4 Å². The second-order valence-corrected chi connectivity index (χ2v) is 8.11. The van der Waals surface area contributed by atoms with E-state index in [0.717, 1.165) is 43.0 Å². The minimum atomic E-state index is -0.249. The molecule has 1 aromatic heterocycles. The number of hydrogen-bond donors (Lipinski definition) is 0. The van der Waals surface area contributed by atoms with Crippen LogP contribution in [0.2, 0.25) is 0 Å². The maximum Gasteiger partial charge on any atom is 0.219 e. The summed E-state index contributed by atoms with van der Waals surface area (Å²) in [6.07, 6.45) is 1.76. The first-order valence-electron chi connectivity index (χ1n) is 10.1. The number of aryl methyl sites for hydroxylation is 2. The van der Waals surface area contributed by atoms with Crippen LogP contribution in [0.4, 0.5) is 4.39 Å². The number of piperidine rings is 1. The van der Waals surface area contributed by atoms with E-state index in [1.54, 1.807) is 24.8 Å². The van der Waals surface area contributed by atoms with Gasteiger partial charge >= 0.3 is 0 Å². The zero-order valence-corrected chi connectivity index (χ0v) is 18.0. The Balaban J connectivity index is 1.71. The molecule has 0 atom stereocenters. The molecule has 0 unspecified atom stereocenters. The molecule has 1 fully saturated rings. The number of halogens is 1. The molecule has 0 spiro atoms. The molecule has 29 heavy (non-hydrogen) atoms. The Morgan fingerprint density at radius 1 is 1.14 bits per heavy atom. The fraction of sp³-hybridized carbons (Fsp3) is 0.478. The Labute approximate surface area is 172 Å². The van der Waals surface area contributed by atoms with Crippen molar-refractivity contribution < 1.29 is 14.0 Å². The van der Waals surface area contributed by atoms with Gasteiger partial charge in [0, 0.05) is 55.7 Å². The molecule has 3 rings (SSSR count). The third-order valence-electron chi connectivity index (χ3n) is 6.11. The lowest BCUT2D eigenvalue weighted by Gasteiger charge is -2.36. The summed E-state index contributed by atoms with van der Waals surface area (Å²) < 4.78 is 16.0. The molecule has 0 bridgehead atoms. The van der Waals surface area contributed by atoms with E-state index in [1.165, 1.54) is 6.07 Å². The maximum atomic E-state index is 14.0. The Hall–Kier alpha value is -2.47. The molecule has 1 aromatic carbocycles. The standard InChI is InChI=1S/C23H30FN3O2/c1-15-6-7-20(13-22(15)24)27-16(2)12-21(17(27)3)23(29)14-26-10-8-19(9-11-26)25(5)18(4)28/h6-7,12-13,19H,8-11,14H2,1-5H3. The van der Waals surface area contributed by atoms with Crippen LogP contribution in [0, 0.1) is 26.6 Å². The highest BCUT2D eigenvalue weighted by molar-refractivity contribution is 5.99. The number of carbonyl (C=O) groups excluding carboxylic acids is 2. The van der Waals surface area contributed by atoms with Crippen molar-refractivity contribution in [1.82, 2.24) is 14.4 Å². The van der Waals surface area contributed by atoms with Gasteiger partial charge in [-0.1, -0.05) is 6.07 Å². The second kappa shape index (κ2) is 8.49. The van der Waals surface area contributed by atoms with E-state index in [-0.39, 0.29) is 23.5 Å². The number of amides is 1. The molecule has 1 aliphatic heterocycles. The minimum Gasteiger partial charge on any atom is -0.343 e. The smallest absolute Gasteiger partial charge is 0.219 e. The number of benzene rings is 1. The number of hydrogen-bond acceptors (Lipinski definition) is 3. The maximum absolute atomic E-state index is 14.0. The van der Waals surface area contributed by atoms with Crippen molar-refractivity contribution in [3.63, 3.8) is 0 Å². The van der Waals surface area contributed by atoms with Gasteiger partial charge in [0.2, 0.25) is 5.91 Å². The average molecular weight is 400 g/mol. The van der Waals surface area contributed by atoms with E-state index in [2.05, 4.69) is 4.90 Å². The molecule has 0 saturated carbocycles. The summed E-state index contributed by atoms with van der Waals surface area (Å²) in [6, 6.07) is 7.29. The fourth-order valence-corrected chi connectivity index (χ4v) is 4.17. The lowest BCUT2D eigenvalue weighted by molar-refractivity contribution is -0.130. The molecule has 1 saturated heterocycles. The number of likely N-dealkylation sites (tertiary alicyclic amines) is 1. The Morgan fingerprint density at radius 2 is 1.79 bits per heavy atom. The fourth-order valence-electron chi connectivity index (χ4n) is 4.17. The highest BCUT2D eigenvalue weighted by atomic mass is 19.1. The Kier molecular flexibility index (Phi) is 6.22. The van der Waals surface area contributed by atoms with Gasteiger partial charge in [0.05, 0.1) is 6.54 Å². The Morgan fingerprint density at radius 3 is 2.38 bits per heavy atom. The number of ketones is 1. The SMILES string of the molecule is CC(=O)N(C)C1CCN(CC(=O)c2cc(C)n(-c3ccc(C)c(F)c3)c2C)CC1. The number of nitrogens with zero attached hydrogens (tertiary/aromatic N) is 3. The van der Waals surface area contributed by atoms with Gasteiger partial charge in [-0.15, -0.1) is 0 Å². The first-order valence-corrected chi connectivity index (χ1v) is 10.1. The van der Waals surface area contributed by atoms with Crippen molar-refractivity contribution in [1.29, 1.82) is 0 Å². The first-order chi connectivity index (χ1) is 13.7. The summed E-state index contributed by atoms with van der Waals surface area (Å²) in [5, 5.41) is 0. The first kappa shape index (κ1) is 21.2. The molecule has 1 aliphatic rings. The monoisotopic (exact) mass is 399 g/mol. The van der Waals surface area contributed by atoms with E-state index in [0.29, 0.717) is 17.7 Å². The topological polar surface area (TPSA) is 45.6 Å². The van der Waals surface area contributed by atoms with Gasteiger partial charge in [0.15, 0.2) is 5.78 Å². The lowest BCUT2D eigenvalue weighted by Crippen LogP contribution is -2.46. The molecule has 156 valence electrons. The zero-order valence-electron chi connectivity index (χ0n) is 18.0. The largest absolute Gasteiger partial charge is 0.343 e. The normalized spacial score (nSPS) is 15.5. The minimum absolute atomic E-state index is 0.0790. The number of carbonyl (C=O) groups is 2. The van der Waals surface area contributed by atoms with Crippen LogP contribution in [0.25, 0.3) is 5.69 Å². The van der Waals surface area contributed by atoms with E-state index < -0.39 is 0 Å². The van der Waals surface area contributed by atoms with Gasteiger partial charge in [-0.25, -0.2) is 4.39 Å². The molecule has 2 aromatic rings. The number of rotatable bonds is 5. The predicted molar refractivity (Wildman–Crippen MR) is 112 cm³/mol. The molecule has 5 nitrogen and oxygen atoms in total. The highest BCUT2D eigenvalue weighted by Gasteiger charge is 2.26. The van der Waals surface area contributed by atoms with Crippen LogP contribution in [-0.4, -0.2) is 58.8 Å². The van der Waals surface area contributed by atoms with Crippen LogP contribution in [0.5, 0.6) is 0 Å². The summed E-state index contributed by atoms with van der Waals surface area (Å²) in [5.41, 5.74) is 3.77. The molecular weight excluding hydrogens is 369 g/mol. The molecule has 0 radical (unpaired) electrons. The van der Waals surface area contributed by atoms with Crippen molar-refractivity contribution in [3.05, 3.63) is 52.6 Å². The predicted octanol–water partition coefficient (Wildman–Crippen LogP) is 3.67. The van der Waals surface area contributed by atoms with Crippen LogP contribution in [-0.2, 0) is 4.79 Å². The second-order valence-electron chi connectivity index (χ2n) is 8.11. The molecule has 1 amide bonds. The van der Waals surface area contributed by atoms with Crippen LogP contribution in [0.1, 0.15) is 47.1 Å². The highest BCUT2D eigenvalue weighted by Crippen LogP contribution is 2.24. The molecule has 0 aliphatic carbocycles. The van der Waals surface area contributed by atoms with Gasteiger partial charge in [0.25, 0.3) is 0 Å². The van der Waals surface area contributed by atoms with Crippen LogP contribution in [0.15, 0.2) is 24.3 Å². The lowest BCUT2D eigenvalue weighted by atomic mass is 10.0. The van der Waals surface area contributed by atoms with Crippen molar-refractivity contribution in [2.75, 3.05) is 26.7 Å². The summed E-state index contributed by atoms with van der Waals surface area (Å²) >= 11 is 0. The van der Waals surface area contributed by atoms with Gasteiger partial charge in [-0.3, -0.25) is 14.5 Å². The zero-order chi connectivity index (χ0) is 21.3. The summed E-state index contributed by atoms with van der Waals surface area (Å²) in [5.74, 6) is -0.0870. The molecule has 6 heteroatoms. The summed E-state index contributed by atoms with van der Waals surface area (Å²) in [7, 11) is 1.84. The quantitative estimate of drug-likeness (QED) is 0.721. The van der Waals surface area contributed by atoms with E-state index in [1.807, 2.05) is 37.6 Å². The van der Waals surface area contributed by atoms with Crippen LogP contribution < -0.4 is 0 Å². The molecular formula is C23H30FN3O2. The van der Waals surface area contributed by atoms with E-state index in [4.69, 9.17) is 0 Å². The Bertz CT molecular complexity index is 926. The molecule has 0 N–H and O–H groups in total. The van der Waals surface area contributed by atoms with Crippen molar-refractivity contribution in [3.8, 4) is 5.69 Å². The van der Waals surface area contributed by atoms with Gasteiger partial charge < -0.3 is 9.47 Å². The van der Waals surface area contributed by atoms with Crippen molar-refractivity contribution in [2.24, 2.45) is 0 Å². The third kappa shape index (κ3) is 4.42. The third-order valence-corrected chi connectivity index (χ3v) is 6.11. The van der Waals surface area contributed by atoms with E-state index in [9.17, 15) is 14.0 Å².